The standard InChI is InChI=1S/C11H14N2O5S/c1-2-3-4-12-8(14)6-13-10(17)7(5-9(15)16)19-11(13)18/h5H,2-4,6H2,1H3,(H,12,14)(H,15,16)/b7-5+. The third-order valence-electron chi connectivity index (χ3n) is 2.28. The molecule has 1 fully saturated rings. The minimum absolute atomic E-state index is 0.182. The Labute approximate surface area is 114 Å². The lowest BCUT2D eigenvalue weighted by molar-refractivity contribution is -0.132. The van der Waals surface area contributed by atoms with Crippen molar-refractivity contribution in [3.63, 3.8) is 0 Å². The lowest BCUT2D eigenvalue weighted by Gasteiger charge is -2.11. The van der Waals surface area contributed by atoms with Crippen molar-refractivity contribution in [2.75, 3.05) is 13.1 Å². The number of hydrogen-bond donors (Lipinski definition) is 2. The maximum atomic E-state index is 11.7. The molecule has 1 heterocycles. The predicted molar refractivity (Wildman–Crippen MR) is 68.3 cm³/mol. The first kappa shape index (κ1) is 15.2. The van der Waals surface area contributed by atoms with Gasteiger partial charge >= 0.3 is 5.97 Å². The Kier molecular flexibility index (Phi) is 5.56. The van der Waals surface area contributed by atoms with Gasteiger partial charge in [-0.3, -0.25) is 19.3 Å². The summed E-state index contributed by atoms with van der Waals surface area (Å²) >= 11 is 0.518. The minimum Gasteiger partial charge on any atom is -0.478 e. The maximum absolute atomic E-state index is 11.7. The van der Waals surface area contributed by atoms with Crippen LogP contribution in [0.4, 0.5) is 4.79 Å². The van der Waals surface area contributed by atoms with Crippen molar-refractivity contribution in [3.05, 3.63) is 11.0 Å². The number of carbonyl (C=O) groups excluding carboxylic acids is 3. The van der Waals surface area contributed by atoms with Gasteiger partial charge in [-0.25, -0.2) is 4.79 Å². The summed E-state index contributed by atoms with van der Waals surface area (Å²) in [5, 5.41) is 10.5. The Hall–Kier alpha value is -1.83. The van der Waals surface area contributed by atoms with Gasteiger partial charge in [-0.1, -0.05) is 13.3 Å². The van der Waals surface area contributed by atoms with E-state index in [1.165, 1.54) is 0 Å². The van der Waals surface area contributed by atoms with Crippen LogP contribution in [0, 0.1) is 0 Å². The van der Waals surface area contributed by atoms with Gasteiger partial charge in [0.15, 0.2) is 0 Å². The zero-order valence-electron chi connectivity index (χ0n) is 10.3. The van der Waals surface area contributed by atoms with E-state index in [-0.39, 0.29) is 11.4 Å². The van der Waals surface area contributed by atoms with Crippen molar-refractivity contribution >= 4 is 34.8 Å². The zero-order valence-corrected chi connectivity index (χ0v) is 11.2. The molecule has 0 radical (unpaired) electrons. The van der Waals surface area contributed by atoms with Gasteiger partial charge in [0.05, 0.1) is 4.91 Å². The highest BCUT2D eigenvalue weighted by atomic mass is 32.2. The molecule has 0 unspecified atom stereocenters. The van der Waals surface area contributed by atoms with Crippen molar-refractivity contribution in [2.24, 2.45) is 0 Å². The Morgan fingerprint density at radius 3 is 2.68 bits per heavy atom. The van der Waals surface area contributed by atoms with Crippen molar-refractivity contribution in [3.8, 4) is 0 Å². The fourth-order valence-electron chi connectivity index (χ4n) is 1.35. The molecule has 0 atom stereocenters. The van der Waals surface area contributed by atoms with Crippen LogP contribution >= 0.6 is 11.8 Å². The van der Waals surface area contributed by atoms with Crippen LogP contribution in [-0.2, 0) is 14.4 Å². The van der Waals surface area contributed by atoms with E-state index in [0.717, 1.165) is 17.7 Å². The molecule has 104 valence electrons. The van der Waals surface area contributed by atoms with Crippen LogP contribution in [0.3, 0.4) is 0 Å². The van der Waals surface area contributed by atoms with Crippen molar-refractivity contribution < 1.29 is 24.3 Å². The number of unbranched alkanes of at least 4 members (excludes halogenated alkanes) is 1. The van der Waals surface area contributed by atoms with E-state index in [1.807, 2.05) is 6.92 Å². The van der Waals surface area contributed by atoms with E-state index in [2.05, 4.69) is 5.32 Å². The largest absolute Gasteiger partial charge is 0.478 e. The van der Waals surface area contributed by atoms with E-state index < -0.39 is 23.0 Å². The number of imide groups is 1. The molecule has 0 spiro atoms. The molecule has 0 aromatic carbocycles. The minimum atomic E-state index is -1.31. The summed E-state index contributed by atoms with van der Waals surface area (Å²) < 4.78 is 0. The summed E-state index contributed by atoms with van der Waals surface area (Å²) in [7, 11) is 0. The molecule has 7 nitrogen and oxygen atoms in total. The molecule has 1 aliphatic rings. The van der Waals surface area contributed by atoms with Crippen LogP contribution in [0.15, 0.2) is 11.0 Å². The summed E-state index contributed by atoms with van der Waals surface area (Å²) in [5.41, 5.74) is 0. The number of carboxylic acids is 1. The normalized spacial score (nSPS) is 17.1. The van der Waals surface area contributed by atoms with Gasteiger partial charge in [0.25, 0.3) is 11.1 Å². The fourth-order valence-corrected chi connectivity index (χ4v) is 2.16. The molecule has 1 rings (SSSR count). The Morgan fingerprint density at radius 2 is 2.11 bits per heavy atom. The summed E-state index contributed by atoms with van der Waals surface area (Å²) in [6, 6.07) is 0. The van der Waals surface area contributed by atoms with E-state index in [1.54, 1.807) is 0 Å². The molecule has 0 aromatic rings. The first-order valence-corrected chi connectivity index (χ1v) is 6.52. The molecule has 0 aromatic heterocycles. The molecule has 3 amide bonds. The molecule has 1 aliphatic heterocycles. The van der Waals surface area contributed by atoms with Crippen molar-refractivity contribution in [1.29, 1.82) is 0 Å². The van der Waals surface area contributed by atoms with Crippen LogP contribution in [0.25, 0.3) is 0 Å². The Morgan fingerprint density at radius 1 is 1.42 bits per heavy atom. The molecule has 0 saturated carbocycles. The fraction of sp³-hybridized carbons (Fsp3) is 0.455. The first-order valence-electron chi connectivity index (χ1n) is 5.70. The quantitative estimate of drug-likeness (QED) is 0.546. The van der Waals surface area contributed by atoms with Gasteiger partial charge in [-0.05, 0) is 18.2 Å². The highest BCUT2D eigenvalue weighted by molar-refractivity contribution is 8.18. The van der Waals surface area contributed by atoms with Crippen LogP contribution in [-0.4, -0.2) is 46.1 Å². The van der Waals surface area contributed by atoms with Crippen molar-refractivity contribution in [2.45, 2.75) is 19.8 Å². The third kappa shape index (κ3) is 4.40. The van der Waals surface area contributed by atoms with Gasteiger partial charge in [0.1, 0.15) is 6.54 Å². The number of aliphatic carboxylic acids is 1. The molecular weight excluding hydrogens is 272 g/mol. The number of rotatable bonds is 6. The lowest BCUT2D eigenvalue weighted by Crippen LogP contribution is -2.39. The lowest BCUT2D eigenvalue weighted by atomic mass is 10.3. The predicted octanol–water partition coefficient (Wildman–Crippen LogP) is 0.567. The maximum Gasteiger partial charge on any atom is 0.329 e. The monoisotopic (exact) mass is 286 g/mol. The smallest absolute Gasteiger partial charge is 0.329 e. The topological polar surface area (TPSA) is 104 Å². The number of thioether (sulfide) groups is 1. The van der Waals surface area contributed by atoms with Crippen LogP contribution < -0.4 is 5.32 Å². The Balaban J connectivity index is 2.59. The number of nitrogens with zero attached hydrogens (tertiary/aromatic N) is 1. The van der Waals surface area contributed by atoms with E-state index in [9.17, 15) is 19.2 Å². The second-order valence-corrected chi connectivity index (χ2v) is 4.80. The van der Waals surface area contributed by atoms with Crippen LogP contribution in [0.5, 0.6) is 0 Å². The number of nitrogens with one attached hydrogen (secondary N) is 1. The van der Waals surface area contributed by atoms with E-state index in [4.69, 9.17) is 5.11 Å². The van der Waals surface area contributed by atoms with Gasteiger partial charge in [-0.15, -0.1) is 0 Å². The molecule has 1 saturated heterocycles. The molecule has 0 aliphatic carbocycles. The molecule has 19 heavy (non-hydrogen) atoms. The molecule has 2 N–H and O–H groups in total. The first-order chi connectivity index (χ1) is 8.95. The molecule has 8 heteroatoms. The molecular formula is C11H14N2O5S. The number of amides is 3. The third-order valence-corrected chi connectivity index (χ3v) is 3.19. The number of carbonyl (C=O) groups is 4. The molecule has 0 bridgehead atoms. The van der Waals surface area contributed by atoms with E-state index >= 15 is 0 Å². The average Bonchev–Trinajstić information content (AvgIpc) is 2.56. The van der Waals surface area contributed by atoms with Gasteiger partial charge in [0.2, 0.25) is 5.91 Å². The van der Waals surface area contributed by atoms with Gasteiger partial charge in [0, 0.05) is 12.6 Å². The average molecular weight is 286 g/mol. The summed E-state index contributed by atoms with van der Waals surface area (Å²) in [4.78, 5) is 45.7. The van der Waals surface area contributed by atoms with Gasteiger partial charge in [-0.2, -0.15) is 0 Å². The number of carboxylic acid groups (broad SMARTS) is 1. The van der Waals surface area contributed by atoms with Crippen LogP contribution in [0.1, 0.15) is 19.8 Å². The zero-order chi connectivity index (χ0) is 14.4. The summed E-state index contributed by atoms with van der Waals surface area (Å²) in [5.74, 6) is -2.49. The summed E-state index contributed by atoms with van der Waals surface area (Å²) in [6.45, 7) is 2.07. The Bertz CT molecular complexity index is 446. The van der Waals surface area contributed by atoms with Gasteiger partial charge < -0.3 is 10.4 Å². The highest BCUT2D eigenvalue weighted by Crippen LogP contribution is 2.29. The second kappa shape index (κ2) is 6.93. The SMILES string of the molecule is CCCCNC(=O)CN1C(=O)S/C(=C/C(=O)O)C1=O. The summed E-state index contributed by atoms with van der Waals surface area (Å²) in [6.07, 6.45) is 2.40. The van der Waals surface area contributed by atoms with E-state index in [0.29, 0.717) is 24.4 Å². The van der Waals surface area contributed by atoms with Crippen LogP contribution in [0.2, 0.25) is 0 Å². The highest BCUT2D eigenvalue weighted by Gasteiger charge is 2.36. The second-order valence-electron chi connectivity index (χ2n) is 3.81. The number of hydrogen-bond acceptors (Lipinski definition) is 5. The van der Waals surface area contributed by atoms with Crippen molar-refractivity contribution in [1.82, 2.24) is 10.2 Å².